The van der Waals surface area contributed by atoms with E-state index in [0.29, 0.717) is 0 Å². The highest BCUT2D eigenvalue weighted by molar-refractivity contribution is 5.88. The Morgan fingerprint density at radius 3 is 2.00 bits per heavy atom. The highest BCUT2D eigenvalue weighted by Gasteiger charge is 2.26. The van der Waals surface area contributed by atoms with Crippen molar-refractivity contribution in [2.75, 3.05) is 5.32 Å². The van der Waals surface area contributed by atoms with Crippen LogP contribution in [-0.4, -0.2) is 12.3 Å². The maximum absolute atomic E-state index is 12.0. The van der Waals surface area contributed by atoms with E-state index in [1.54, 1.807) is 0 Å². The standard InChI is InChI=1S/C8H5F4NO/c9-7(14)5-1-3-6(4-2-5)13-8(10,11)12/h1-4,13H. The van der Waals surface area contributed by atoms with Crippen molar-refractivity contribution in [2.24, 2.45) is 0 Å². The predicted molar refractivity (Wildman–Crippen MR) is 41.6 cm³/mol. The van der Waals surface area contributed by atoms with Crippen molar-refractivity contribution in [3.63, 3.8) is 0 Å². The number of carbonyl (C=O) groups excluding carboxylic acids is 1. The molecule has 14 heavy (non-hydrogen) atoms. The van der Waals surface area contributed by atoms with E-state index in [1.807, 2.05) is 0 Å². The first-order valence-corrected chi connectivity index (χ1v) is 3.53. The summed E-state index contributed by atoms with van der Waals surface area (Å²) in [7, 11) is 0. The third-order valence-electron chi connectivity index (χ3n) is 1.40. The normalized spacial score (nSPS) is 11.1. The fraction of sp³-hybridized carbons (Fsp3) is 0.125. The lowest BCUT2D eigenvalue weighted by atomic mass is 10.2. The lowest BCUT2D eigenvalue weighted by molar-refractivity contribution is -0.0999. The summed E-state index contributed by atoms with van der Waals surface area (Å²) in [5, 5.41) is 1.21. The SMILES string of the molecule is O=C(F)c1ccc(NC(F)(F)F)cc1. The van der Waals surface area contributed by atoms with Crippen molar-refractivity contribution >= 4 is 11.7 Å². The first kappa shape index (κ1) is 10.5. The number of anilines is 1. The molecule has 1 N–H and O–H groups in total. The third-order valence-corrected chi connectivity index (χ3v) is 1.40. The van der Waals surface area contributed by atoms with Crippen LogP contribution in [0.2, 0.25) is 0 Å². The van der Waals surface area contributed by atoms with Gasteiger partial charge in [0.05, 0.1) is 5.56 Å². The van der Waals surface area contributed by atoms with Gasteiger partial charge in [-0.3, -0.25) is 10.1 Å². The largest absolute Gasteiger partial charge is 0.482 e. The first-order valence-electron chi connectivity index (χ1n) is 3.53. The molecule has 0 amide bonds. The Kier molecular flexibility index (Phi) is 2.73. The summed E-state index contributed by atoms with van der Waals surface area (Å²) < 4.78 is 47.3. The van der Waals surface area contributed by atoms with Crippen LogP contribution >= 0.6 is 0 Å². The second-order valence-corrected chi connectivity index (χ2v) is 2.47. The van der Waals surface area contributed by atoms with Crippen LogP contribution in [0, 0.1) is 0 Å². The molecule has 1 aromatic rings. The number of hydrogen-bond acceptors (Lipinski definition) is 2. The van der Waals surface area contributed by atoms with Crippen LogP contribution in [0.5, 0.6) is 0 Å². The minimum atomic E-state index is -4.54. The van der Waals surface area contributed by atoms with Gasteiger partial charge in [0.1, 0.15) is 0 Å². The summed E-state index contributed by atoms with van der Waals surface area (Å²) >= 11 is 0. The van der Waals surface area contributed by atoms with Gasteiger partial charge in [-0.15, -0.1) is 0 Å². The Labute approximate surface area is 76.5 Å². The third kappa shape index (κ3) is 3.04. The van der Waals surface area contributed by atoms with E-state index in [9.17, 15) is 22.4 Å². The molecule has 0 radical (unpaired) electrons. The fourth-order valence-electron chi connectivity index (χ4n) is 0.848. The Hall–Kier alpha value is -1.59. The Bertz CT molecular complexity index is 330. The number of hydrogen-bond donors (Lipinski definition) is 1. The maximum atomic E-state index is 12.0. The monoisotopic (exact) mass is 207 g/mol. The molecular formula is C8H5F4NO. The molecule has 0 saturated heterocycles. The number of alkyl halides is 3. The molecule has 2 nitrogen and oxygen atoms in total. The predicted octanol–water partition coefficient (Wildman–Crippen LogP) is 2.73. The van der Waals surface area contributed by atoms with Gasteiger partial charge in [0.25, 0.3) is 0 Å². The smallest absolute Gasteiger partial charge is 0.298 e. The topological polar surface area (TPSA) is 29.1 Å². The minimum absolute atomic E-state index is 0.248. The molecule has 0 fully saturated rings. The number of nitrogens with one attached hydrogen (secondary N) is 1. The summed E-state index contributed by atoms with van der Waals surface area (Å²) in [6.07, 6.45) is -4.54. The van der Waals surface area contributed by atoms with E-state index >= 15 is 0 Å². The van der Waals surface area contributed by atoms with Crippen molar-refractivity contribution in [3.05, 3.63) is 29.8 Å². The zero-order valence-corrected chi connectivity index (χ0v) is 6.73. The molecule has 0 aliphatic heterocycles. The van der Waals surface area contributed by atoms with Gasteiger partial charge in [-0.05, 0) is 24.3 Å². The molecule has 0 atom stereocenters. The van der Waals surface area contributed by atoms with E-state index in [0.717, 1.165) is 24.3 Å². The molecular weight excluding hydrogens is 202 g/mol. The van der Waals surface area contributed by atoms with Crippen LogP contribution in [0.1, 0.15) is 10.4 Å². The molecule has 76 valence electrons. The Balaban J connectivity index is 2.79. The van der Waals surface area contributed by atoms with Gasteiger partial charge >= 0.3 is 12.3 Å². The minimum Gasteiger partial charge on any atom is -0.298 e. The van der Waals surface area contributed by atoms with Crippen LogP contribution in [0.3, 0.4) is 0 Å². The van der Waals surface area contributed by atoms with E-state index in [1.165, 1.54) is 5.32 Å². The fourth-order valence-corrected chi connectivity index (χ4v) is 0.848. The molecule has 0 aliphatic rings. The summed E-state index contributed by atoms with van der Waals surface area (Å²) in [5.41, 5.74) is -0.528. The van der Waals surface area contributed by atoms with Crippen molar-refractivity contribution in [1.29, 1.82) is 0 Å². The zero-order valence-electron chi connectivity index (χ0n) is 6.73. The number of carbonyl (C=O) groups is 1. The lowest BCUT2D eigenvalue weighted by Crippen LogP contribution is -2.20. The van der Waals surface area contributed by atoms with E-state index < -0.39 is 12.3 Å². The van der Waals surface area contributed by atoms with Crippen molar-refractivity contribution in [1.82, 2.24) is 0 Å². The average molecular weight is 207 g/mol. The van der Waals surface area contributed by atoms with Crippen molar-refractivity contribution in [2.45, 2.75) is 6.30 Å². The number of benzene rings is 1. The van der Waals surface area contributed by atoms with Gasteiger partial charge in [-0.1, -0.05) is 0 Å². The van der Waals surface area contributed by atoms with Gasteiger partial charge < -0.3 is 0 Å². The Morgan fingerprint density at radius 2 is 1.64 bits per heavy atom. The molecule has 6 heteroatoms. The molecule has 1 aromatic carbocycles. The van der Waals surface area contributed by atoms with Gasteiger partial charge in [0, 0.05) is 5.69 Å². The summed E-state index contributed by atoms with van der Waals surface area (Å²) in [6.45, 7) is 0. The van der Waals surface area contributed by atoms with Crippen molar-refractivity contribution < 1.29 is 22.4 Å². The molecule has 0 aromatic heterocycles. The second kappa shape index (κ2) is 3.65. The summed E-state index contributed by atoms with van der Waals surface area (Å²) in [6, 6.07) is 2.21. The highest BCUT2D eigenvalue weighted by Crippen LogP contribution is 2.19. The molecule has 0 heterocycles. The quantitative estimate of drug-likeness (QED) is 0.459. The van der Waals surface area contributed by atoms with E-state index in [4.69, 9.17) is 0 Å². The number of rotatable bonds is 2. The van der Waals surface area contributed by atoms with Gasteiger partial charge in [-0.25, -0.2) is 0 Å². The van der Waals surface area contributed by atoms with Crippen LogP contribution in [-0.2, 0) is 0 Å². The van der Waals surface area contributed by atoms with Crippen LogP contribution in [0.4, 0.5) is 23.2 Å². The molecule has 0 spiro atoms. The summed E-state index contributed by atoms with van der Waals surface area (Å²) in [4.78, 5) is 10.1. The molecule has 1 rings (SSSR count). The van der Waals surface area contributed by atoms with Crippen LogP contribution < -0.4 is 5.32 Å². The highest BCUT2D eigenvalue weighted by atomic mass is 19.4. The molecule has 0 unspecified atom stereocenters. The van der Waals surface area contributed by atoms with Crippen molar-refractivity contribution in [3.8, 4) is 0 Å². The molecule has 0 saturated carbocycles. The lowest BCUT2D eigenvalue weighted by Gasteiger charge is -2.09. The first-order chi connectivity index (χ1) is 6.38. The maximum Gasteiger partial charge on any atom is 0.482 e. The van der Waals surface area contributed by atoms with Gasteiger partial charge in [0.2, 0.25) is 0 Å². The number of halogens is 4. The van der Waals surface area contributed by atoms with Crippen LogP contribution in [0.15, 0.2) is 24.3 Å². The summed E-state index contributed by atoms with van der Waals surface area (Å²) in [5.74, 6) is 0. The van der Waals surface area contributed by atoms with Gasteiger partial charge in [-0.2, -0.15) is 17.6 Å². The van der Waals surface area contributed by atoms with Crippen LogP contribution in [0.25, 0.3) is 0 Å². The zero-order chi connectivity index (χ0) is 10.8. The molecule has 0 bridgehead atoms. The van der Waals surface area contributed by atoms with Gasteiger partial charge in [0.15, 0.2) is 0 Å². The second-order valence-electron chi connectivity index (χ2n) is 2.47. The molecule has 0 aliphatic carbocycles. The van der Waals surface area contributed by atoms with E-state index in [2.05, 4.69) is 0 Å². The van der Waals surface area contributed by atoms with E-state index in [-0.39, 0.29) is 11.3 Å². The Morgan fingerprint density at radius 1 is 1.14 bits per heavy atom. The average Bonchev–Trinajstić information content (AvgIpc) is 2.02.